The van der Waals surface area contributed by atoms with Crippen LogP contribution in [0.1, 0.15) is 11.3 Å². The minimum Gasteiger partial charge on any atom is -0.487 e. The van der Waals surface area contributed by atoms with Crippen LogP contribution in [0.25, 0.3) is 0 Å². The van der Waals surface area contributed by atoms with Crippen molar-refractivity contribution in [1.82, 2.24) is 4.98 Å². The van der Waals surface area contributed by atoms with Crippen molar-refractivity contribution in [3.63, 3.8) is 0 Å². The first-order chi connectivity index (χ1) is 8.45. The molecule has 2 aromatic rings. The molecule has 96 valence electrons. The fourth-order valence-electron chi connectivity index (χ4n) is 1.31. The molecule has 0 atom stereocenters. The second kappa shape index (κ2) is 4.59. The van der Waals surface area contributed by atoms with Crippen molar-refractivity contribution in [3.8, 4) is 5.75 Å². The number of hydrogen-bond acceptors (Lipinski definition) is 4. The van der Waals surface area contributed by atoms with Crippen LogP contribution < -0.4 is 10.5 Å². The molecule has 0 spiro atoms. The van der Waals surface area contributed by atoms with Crippen LogP contribution in [0, 0.1) is 0 Å². The van der Waals surface area contributed by atoms with Gasteiger partial charge >= 0.3 is 6.18 Å². The fraction of sp³-hybridized carbons (Fsp3) is 0.182. The lowest BCUT2D eigenvalue weighted by Gasteiger charge is -2.09. The van der Waals surface area contributed by atoms with Gasteiger partial charge in [-0.15, -0.1) is 0 Å². The molecular weight excluding hydrogens is 249 g/mol. The number of nitrogen functional groups attached to an aromatic ring is 1. The molecule has 4 nitrogen and oxygen atoms in total. The highest BCUT2D eigenvalue weighted by Crippen LogP contribution is 2.31. The molecule has 0 saturated carbocycles. The van der Waals surface area contributed by atoms with Crippen molar-refractivity contribution in [3.05, 3.63) is 41.8 Å². The maximum absolute atomic E-state index is 12.4. The van der Waals surface area contributed by atoms with E-state index in [-0.39, 0.29) is 18.4 Å². The summed E-state index contributed by atoms with van der Waals surface area (Å²) in [6.45, 7) is -0.0119. The number of benzene rings is 1. The average Bonchev–Trinajstić information content (AvgIpc) is 2.72. The Kier molecular flexibility index (Phi) is 3.14. The minimum absolute atomic E-state index is 0.0119. The molecule has 0 bridgehead atoms. The zero-order valence-corrected chi connectivity index (χ0v) is 9.07. The third-order valence-corrected chi connectivity index (χ3v) is 2.12. The van der Waals surface area contributed by atoms with E-state index in [1.54, 1.807) is 0 Å². The third-order valence-electron chi connectivity index (χ3n) is 2.12. The number of aromatic nitrogens is 1. The number of oxazole rings is 1. The van der Waals surface area contributed by atoms with Crippen molar-refractivity contribution in [2.75, 3.05) is 5.73 Å². The molecule has 1 aromatic carbocycles. The van der Waals surface area contributed by atoms with Crippen LogP contribution in [0.5, 0.6) is 5.75 Å². The molecule has 0 unspecified atom stereocenters. The van der Waals surface area contributed by atoms with Crippen LogP contribution in [-0.4, -0.2) is 4.98 Å². The summed E-state index contributed by atoms with van der Waals surface area (Å²) in [5.74, 6) is 0.103. The zero-order chi connectivity index (χ0) is 13.2. The summed E-state index contributed by atoms with van der Waals surface area (Å²) in [6, 6.07) is 4.58. The van der Waals surface area contributed by atoms with Gasteiger partial charge in [-0.3, -0.25) is 0 Å². The van der Waals surface area contributed by atoms with Gasteiger partial charge in [0.2, 0.25) is 0 Å². The molecular formula is C11H9F3N2O2. The number of hydrogen-bond donors (Lipinski definition) is 1. The van der Waals surface area contributed by atoms with Crippen LogP contribution in [0.3, 0.4) is 0 Å². The SMILES string of the molecule is Nc1nc(COc2cccc(C(F)(F)F)c2)co1. The number of nitrogens with two attached hydrogens (primary N) is 1. The second-order valence-electron chi connectivity index (χ2n) is 3.49. The quantitative estimate of drug-likeness (QED) is 0.919. The van der Waals surface area contributed by atoms with E-state index in [1.165, 1.54) is 18.4 Å². The van der Waals surface area contributed by atoms with Gasteiger partial charge in [0.25, 0.3) is 6.01 Å². The Morgan fingerprint density at radius 3 is 2.72 bits per heavy atom. The first-order valence-electron chi connectivity index (χ1n) is 4.95. The lowest BCUT2D eigenvalue weighted by atomic mass is 10.2. The van der Waals surface area contributed by atoms with E-state index < -0.39 is 11.7 Å². The molecule has 7 heteroatoms. The van der Waals surface area contributed by atoms with Crippen LogP contribution in [0.4, 0.5) is 19.2 Å². The molecule has 0 amide bonds. The normalized spacial score (nSPS) is 11.5. The van der Waals surface area contributed by atoms with Gasteiger partial charge in [-0.2, -0.15) is 18.2 Å². The van der Waals surface area contributed by atoms with Gasteiger partial charge in [0.1, 0.15) is 24.3 Å². The number of rotatable bonds is 3. The van der Waals surface area contributed by atoms with E-state index >= 15 is 0 Å². The van der Waals surface area contributed by atoms with Gasteiger partial charge in [0.05, 0.1) is 5.56 Å². The standard InChI is InChI=1S/C11H9F3N2O2/c12-11(13,14)7-2-1-3-9(4-7)17-5-8-6-18-10(15)16-8/h1-4,6H,5H2,(H2,15,16). The topological polar surface area (TPSA) is 61.3 Å². The minimum atomic E-state index is -4.39. The van der Waals surface area contributed by atoms with Crippen molar-refractivity contribution >= 4 is 6.01 Å². The lowest BCUT2D eigenvalue weighted by Crippen LogP contribution is -2.05. The molecule has 0 fully saturated rings. The molecule has 0 aliphatic heterocycles. The van der Waals surface area contributed by atoms with Crippen LogP contribution in [0.15, 0.2) is 34.9 Å². The summed E-state index contributed by atoms with van der Waals surface area (Å²) in [7, 11) is 0. The van der Waals surface area contributed by atoms with E-state index in [1.807, 2.05) is 0 Å². The Labute approximate surface area is 100 Å². The number of nitrogens with zero attached hydrogens (tertiary/aromatic N) is 1. The third kappa shape index (κ3) is 2.93. The maximum atomic E-state index is 12.4. The van der Waals surface area contributed by atoms with Crippen molar-refractivity contribution in [2.45, 2.75) is 12.8 Å². The molecule has 0 aliphatic carbocycles. The van der Waals surface area contributed by atoms with Crippen molar-refractivity contribution < 1.29 is 22.3 Å². The van der Waals surface area contributed by atoms with Gasteiger partial charge in [0, 0.05) is 0 Å². The van der Waals surface area contributed by atoms with Gasteiger partial charge in [-0.05, 0) is 18.2 Å². The molecule has 1 heterocycles. The molecule has 0 radical (unpaired) electrons. The van der Waals surface area contributed by atoms with Crippen LogP contribution in [0.2, 0.25) is 0 Å². The number of anilines is 1. The summed E-state index contributed by atoms with van der Waals surface area (Å²) in [6.07, 6.45) is -3.11. The van der Waals surface area contributed by atoms with Gasteiger partial charge in [0.15, 0.2) is 0 Å². The summed E-state index contributed by atoms with van der Waals surface area (Å²) < 4.78 is 47.2. The highest BCUT2D eigenvalue weighted by molar-refractivity contribution is 5.30. The predicted octanol–water partition coefficient (Wildman–Crippen LogP) is 2.85. The molecule has 2 rings (SSSR count). The lowest BCUT2D eigenvalue weighted by molar-refractivity contribution is -0.137. The zero-order valence-electron chi connectivity index (χ0n) is 9.07. The Balaban J connectivity index is 2.06. The van der Waals surface area contributed by atoms with Gasteiger partial charge in [-0.1, -0.05) is 6.07 Å². The van der Waals surface area contributed by atoms with Crippen LogP contribution in [-0.2, 0) is 12.8 Å². The first kappa shape index (κ1) is 12.3. The second-order valence-corrected chi connectivity index (χ2v) is 3.49. The predicted molar refractivity (Wildman–Crippen MR) is 56.7 cm³/mol. The van der Waals surface area contributed by atoms with Gasteiger partial charge in [-0.25, -0.2) is 0 Å². The largest absolute Gasteiger partial charge is 0.487 e. The Morgan fingerprint density at radius 1 is 1.33 bits per heavy atom. The Hall–Kier alpha value is -2.18. The summed E-state index contributed by atoms with van der Waals surface area (Å²) in [4.78, 5) is 3.76. The molecule has 0 saturated heterocycles. The monoisotopic (exact) mass is 258 g/mol. The maximum Gasteiger partial charge on any atom is 0.416 e. The highest BCUT2D eigenvalue weighted by atomic mass is 19.4. The summed E-state index contributed by atoms with van der Waals surface area (Å²) >= 11 is 0. The average molecular weight is 258 g/mol. The number of ether oxygens (including phenoxy) is 1. The number of alkyl halides is 3. The molecule has 1 aromatic heterocycles. The molecule has 2 N–H and O–H groups in total. The number of halogens is 3. The van der Waals surface area contributed by atoms with E-state index in [2.05, 4.69) is 4.98 Å². The molecule has 0 aliphatic rings. The first-order valence-corrected chi connectivity index (χ1v) is 4.95. The van der Waals surface area contributed by atoms with Crippen molar-refractivity contribution in [1.29, 1.82) is 0 Å². The summed E-state index contributed by atoms with van der Waals surface area (Å²) in [5, 5.41) is 0. The fourth-order valence-corrected chi connectivity index (χ4v) is 1.31. The Morgan fingerprint density at radius 2 is 2.11 bits per heavy atom. The van der Waals surface area contributed by atoms with Crippen LogP contribution >= 0.6 is 0 Å². The highest BCUT2D eigenvalue weighted by Gasteiger charge is 2.30. The Bertz CT molecular complexity index is 537. The summed E-state index contributed by atoms with van der Waals surface area (Å²) in [5.41, 5.74) is 4.89. The molecule has 18 heavy (non-hydrogen) atoms. The van der Waals surface area contributed by atoms with E-state index in [0.29, 0.717) is 5.69 Å². The van der Waals surface area contributed by atoms with E-state index in [9.17, 15) is 13.2 Å². The van der Waals surface area contributed by atoms with E-state index in [0.717, 1.165) is 12.1 Å². The van der Waals surface area contributed by atoms with Crippen molar-refractivity contribution in [2.24, 2.45) is 0 Å². The van der Waals surface area contributed by atoms with E-state index in [4.69, 9.17) is 14.9 Å². The van der Waals surface area contributed by atoms with Gasteiger partial charge < -0.3 is 14.9 Å². The smallest absolute Gasteiger partial charge is 0.416 e.